The van der Waals surface area contributed by atoms with Crippen LogP contribution in [0.1, 0.15) is 12.6 Å². The maximum atomic E-state index is 11.4. The van der Waals surface area contributed by atoms with E-state index in [0.717, 1.165) is 23.4 Å². The number of hydrogen-bond acceptors (Lipinski definition) is 3. The lowest BCUT2D eigenvalue weighted by molar-refractivity contribution is 0.415. The Kier molecular flexibility index (Phi) is 3.23. The standard InChI is InChI=1S/C13H14N2O2/c1-3-10-8-12(16)15-13(14-10)9-4-6-11(17-2)7-5-9/h4-8H,3H2,1-2H3,(H,14,15,16). The first-order valence-electron chi connectivity index (χ1n) is 5.47. The summed E-state index contributed by atoms with van der Waals surface area (Å²) in [6.45, 7) is 1.97. The van der Waals surface area contributed by atoms with Crippen molar-refractivity contribution in [2.24, 2.45) is 0 Å². The number of nitrogens with one attached hydrogen (secondary N) is 1. The maximum Gasteiger partial charge on any atom is 0.251 e. The predicted octanol–water partition coefficient (Wildman–Crippen LogP) is 2.01. The van der Waals surface area contributed by atoms with Crippen molar-refractivity contribution in [3.63, 3.8) is 0 Å². The third kappa shape index (κ3) is 2.53. The summed E-state index contributed by atoms with van der Waals surface area (Å²) in [4.78, 5) is 18.6. The summed E-state index contributed by atoms with van der Waals surface area (Å²) in [5.41, 5.74) is 1.54. The molecule has 0 aliphatic heterocycles. The molecule has 0 bridgehead atoms. The quantitative estimate of drug-likeness (QED) is 0.877. The number of nitrogens with zero attached hydrogens (tertiary/aromatic N) is 1. The fourth-order valence-corrected chi connectivity index (χ4v) is 1.57. The van der Waals surface area contributed by atoms with Gasteiger partial charge < -0.3 is 9.72 Å². The van der Waals surface area contributed by atoms with Gasteiger partial charge in [0.15, 0.2) is 0 Å². The fraction of sp³-hybridized carbons (Fsp3) is 0.231. The van der Waals surface area contributed by atoms with Crippen molar-refractivity contribution in [2.75, 3.05) is 7.11 Å². The molecule has 0 atom stereocenters. The highest BCUT2D eigenvalue weighted by Crippen LogP contribution is 2.18. The predicted molar refractivity (Wildman–Crippen MR) is 66.2 cm³/mol. The Morgan fingerprint density at radius 1 is 1.29 bits per heavy atom. The van der Waals surface area contributed by atoms with Gasteiger partial charge in [0.2, 0.25) is 0 Å². The van der Waals surface area contributed by atoms with Crippen molar-refractivity contribution in [3.8, 4) is 17.1 Å². The number of rotatable bonds is 3. The van der Waals surface area contributed by atoms with Gasteiger partial charge in [-0.1, -0.05) is 6.92 Å². The number of aromatic nitrogens is 2. The van der Waals surface area contributed by atoms with Crippen molar-refractivity contribution in [1.29, 1.82) is 0 Å². The fourth-order valence-electron chi connectivity index (χ4n) is 1.57. The van der Waals surface area contributed by atoms with Gasteiger partial charge in [0.05, 0.1) is 7.11 Å². The number of aryl methyl sites for hydroxylation is 1. The van der Waals surface area contributed by atoms with Crippen LogP contribution in [0.3, 0.4) is 0 Å². The molecule has 17 heavy (non-hydrogen) atoms. The van der Waals surface area contributed by atoms with E-state index in [0.29, 0.717) is 5.82 Å². The van der Waals surface area contributed by atoms with E-state index in [-0.39, 0.29) is 5.56 Å². The van der Waals surface area contributed by atoms with Crippen LogP contribution >= 0.6 is 0 Å². The lowest BCUT2D eigenvalue weighted by Crippen LogP contribution is -2.09. The highest BCUT2D eigenvalue weighted by molar-refractivity contribution is 5.56. The molecule has 4 nitrogen and oxygen atoms in total. The molecule has 0 spiro atoms. The topological polar surface area (TPSA) is 55.0 Å². The molecule has 0 radical (unpaired) electrons. The molecule has 0 fully saturated rings. The molecule has 0 amide bonds. The highest BCUT2D eigenvalue weighted by Gasteiger charge is 2.03. The lowest BCUT2D eigenvalue weighted by atomic mass is 10.2. The molecule has 0 unspecified atom stereocenters. The van der Waals surface area contributed by atoms with Gasteiger partial charge in [0.25, 0.3) is 5.56 Å². The first-order valence-corrected chi connectivity index (χ1v) is 5.47. The molecule has 0 saturated carbocycles. The number of H-pyrrole nitrogens is 1. The SMILES string of the molecule is CCc1cc(=O)[nH]c(-c2ccc(OC)cc2)n1. The zero-order chi connectivity index (χ0) is 12.3. The molecule has 1 N–H and O–H groups in total. The molecule has 88 valence electrons. The molecule has 2 aromatic rings. The van der Waals surface area contributed by atoms with E-state index in [1.807, 2.05) is 31.2 Å². The second-order valence-corrected chi connectivity index (χ2v) is 3.67. The van der Waals surface area contributed by atoms with Crippen LogP contribution in [0.2, 0.25) is 0 Å². The summed E-state index contributed by atoms with van der Waals surface area (Å²) in [7, 11) is 1.62. The Morgan fingerprint density at radius 2 is 2.00 bits per heavy atom. The Bertz CT molecular complexity index is 558. The van der Waals surface area contributed by atoms with Crippen LogP contribution in [-0.2, 0) is 6.42 Å². The van der Waals surface area contributed by atoms with Gasteiger partial charge in [0, 0.05) is 17.3 Å². The van der Waals surface area contributed by atoms with Gasteiger partial charge >= 0.3 is 0 Å². The van der Waals surface area contributed by atoms with Gasteiger partial charge in [-0.2, -0.15) is 0 Å². The summed E-state index contributed by atoms with van der Waals surface area (Å²) in [5, 5.41) is 0. The minimum absolute atomic E-state index is 0.123. The van der Waals surface area contributed by atoms with E-state index >= 15 is 0 Å². The first-order chi connectivity index (χ1) is 8.22. The molecule has 1 aromatic heterocycles. The minimum Gasteiger partial charge on any atom is -0.497 e. The van der Waals surface area contributed by atoms with Crippen LogP contribution in [0, 0.1) is 0 Å². The van der Waals surface area contributed by atoms with Crippen molar-refractivity contribution in [1.82, 2.24) is 9.97 Å². The minimum atomic E-state index is -0.123. The van der Waals surface area contributed by atoms with Crippen LogP contribution in [0.4, 0.5) is 0 Å². The second kappa shape index (κ2) is 4.82. The normalized spacial score (nSPS) is 10.2. The summed E-state index contributed by atoms with van der Waals surface area (Å²) >= 11 is 0. The number of benzene rings is 1. The molecular formula is C13H14N2O2. The van der Waals surface area contributed by atoms with E-state index < -0.39 is 0 Å². The van der Waals surface area contributed by atoms with Gasteiger partial charge in [-0.05, 0) is 30.7 Å². The largest absolute Gasteiger partial charge is 0.497 e. The van der Waals surface area contributed by atoms with E-state index in [1.165, 1.54) is 6.07 Å². The van der Waals surface area contributed by atoms with Gasteiger partial charge in [-0.3, -0.25) is 4.79 Å². The third-order valence-electron chi connectivity index (χ3n) is 2.52. The zero-order valence-electron chi connectivity index (χ0n) is 9.86. The van der Waals surface area contributed by atoms with E-state index in [2.05, 4.69) is 9.97 Å². The lowest BCUT2D eigenvalue weighted by Gasteiger charge is -2.04. The highest BCUT2D eigenvalue weighted by atomic mass is 16.5. The number of ether oxygens (including phenoxy) is 1. The molecule has 0 aliphatic carbocycles. The van der Waals surface area contributed by atoms with Gasteiger partial charge in [-0.25, -0.2) is 4.98 Å². The van der Waals surface area contributed by atoms with Crippen molar-refractivity contribution in [2.45, 2.75) is 13.3 Å². The Balaban J connectivity index is 2.44. The molecule has 1 aromatic carbocycles. The average molecular weight is 230 g/mol. The first kappa shape index (κ1) is 11.4. The summed E-state index contributed by atoms with van der Waals surface area (Å²) in [6.07, 6.45) is 0.743. The Hall–Kier alpha value is -2.10. The van der Waals surface area contributed by atoms with E-state index in [9.17, 15) is 4.79 Å². The van der Waals surface area contributed by atoms with Crippen LogP contribution in [0.5, 0.6) is 5.75 Å². The third-order valence-corrected chi connectivity index (χ3v) is 2.52. The molecule has 2 rings (SSSR count). The van der Waals surface area contributed by atoms with Crippen molar-refractivity contribution < 1.29 is 4.74 Å². The zero-order valence-corrected chi connectivity index (χ0v) is 9.86. The molecule has 0 saturated heterocycles. The van der Waals surface area contributed by atoms with E-state index in [1.54, 1.807) is 7.11 Å². The molecular weight excluding hydrogens is 216 g/mol. The second-order valence-electron chi connectivity index (χ2n) is 3.67. The summed E-state index contributed by atoms with van der Waals surface area (Å²) in [5.74, 6) is 1.37. The summed E-state index contributed by atoms with van der Waals surface area (Å²) in [6, 6.07) is 8.95. The molecule has 0 aliphatic rings. The van der Waals surface area contributed by atoms with Crippen LogP contribution in [0.25, 0.3) is 11.4 Å². The average Bonchev–Trinajstić information content (AvgIpc) is 2.38. The van der Waals surface area contributed by atoms with Crippen molar-refractivity contribution >= 4 is 0 Å². The van der Waals surface area contributed by atoms with Crippen LogP contribution in [0.15, 0.2) is 35.1 Å². The number of hydrogen-bond donors (Lipinski definition) is 1. The van der Waals surface area contributed by atoms with Crippen molar-refractivity contribution in [3.05, 3.63) is 46.4 Å². The maximum absolute atomic E-state index is 11.4. The smallest absolute Gasteiger partial charge is 0.251 e. The molecule has 4 heteroatoms. The van der Waals surface area contributed by atoms with Crippen LogP contribution in [-0.4, -0.2) is 17.1 Å². The summed E-state index contributed by atoms with van der Waals surface area (Å²) < 4.78 is 5.08. The van der Waals surface area contributed by atoms with E-state index in [4.69, 9.17) is 4.74 Å². The van der Waals surface area contributed by atoms with Gasteiger partial charge in [-0.15, -0.1) is 0 Å². The number of methoxy groups -OCH3 is 1. The molecule has 1 heterocycles. The van der Waals surface area contributed by atoms with Gasteiger partial charge in [0.1, 0.15) is 11.6 Å². The monoisotopic (exact) mass is 230 g/mol. The Morgan fingerprint density at radius 3 is 2.59 bits per heavy atom. The number of aromatic amines is 1. The van der Waals surface area contributed by atoms with Crippen LogP contribution < -0.4 is 10.3 Å². The Labute approximate surface area is 99.3 Å².